The standard InChI is InChI=1S/C24H26F2N4O7S/c1-13(27-22(33)15-6-4-3-5-7-15)20(31)21(32)18(10-14-8-16(25)11-17(26)9-14)28-23(34)19-12-37-24(29-19)30-38(2,35)36/h3-9,11-13,18,20-21,31-32H,10H2,1-2H3,(H,27,33)(H,28,34)(H,29,30). The first-order valence-corrected chi connectivity index (χ1v) is 13.1. The molecule has 5 N–H and O–H groups in total. The number of hydrogen-bond acceptors (Lipinski definition) is 8. The molecule has 11 nitrogen and oxygen atoms in total. The third kappa shape index (κ3) is 8.06. The van der Waals surface area contributed by atoms with Crippen LogP contribution in [-0.4, -0.2) is 66.0 Å². The van der Waals surface area contributed by atoms with Gasteiger partial charge in [-0.2, -0.15) is 4.98 Å². The van der Waals surface area contributed by atoms with Crippen LogP contribution in [0.2, 0.25) is 0 Å². The molecule has 0 fully saturated rings. The van der Waals surface area contributed by atoms with Crippen LogP contribution in [0.25, 0.3) is 0 Å². The van der Waals surface area contributed by atoms with Gasteiger partial charge in [0, 0.05) is 11.6 Å². The van der Waals surface area contributed by atoms with Crippen molar-refractivity contribution in [1.82, 2.24) is 15.6 Å². The molecule has 14 heteroatoms. The summed E-state index contributed by atoms with van der Waals surface area (Å²) >= 11 is 0. The zero-order valence-corrected chi connectivity index (χ0v) is 21.1. The fourth-order valence-electron chi connectivity index (χ4n) is 3.56. The van der Waals surface area contributed by atoms with E-state index in [0.29, 0.717) is 11.6 Å². The number of nitrogens with zero attached hydrogens (tertiary/aromatic N) is 1. The van der Waals surface area contributed by atoms with Gasteiger partial charge in [0.15, 0.2) is 5.69 Å². The smallest absolute Gasteiger partial charge is 0.309 e. The quantitative estimate of drug-likeness (QED) is 0.236. The summed E-state index contributed by atoms with van der Waals surface area (Å²) in [5.74, 6) is -3.25. The van der Waals surface area contributed by atoms with Gasteiger partial charge in [-0.1, -0.05) is 18.2 Å². The monoisotopic (exact) mass is 552 g/mol. The van der Waals surface area contributed by atoms with E-state index in [0.717, 1.165) is 24.7 Å². The number of oxazole rings is 1. The Morgan fingerprint density at radius 3 is 2.24 bits per heavy atom. The number of halogens is 2. The second-order valence-electron chi connectivity index (χ2n) is 8.58. The highest BCUT2D eigenvalue weighted by Gasteiger charge is 2.33. The molecule has 0 bridgehead atoms. The number of sulfonamides is 1. The summed E-state index contributed by atoms with van der Waals surface area (Å²) in [6.45, 7) is 1.43. The summed E-state index contributed by atoms with van der Waals surface area (Å²) in [5.41, 5.74) is -0.0102. The van der Waals surface area contributed by atoms with Crippen LogP contribution < -0.4 is 15.4 Å². The fraction of sp³-hybridized carbons (Fsp3) is 0.292. The summed E-state index contributed by atoms with van der Waals surface area (Å²) in [7, 11) is -3.74. The summed E-state index contributed by atoms with van der Waals surface area (Å²) in [5, 5.41) is 26.7. The van der Waals surface area contributed by atoms with Gasteiger partial charge in [0.1, 0.15) is 30.1 Å². The molecule has 1 heterocycles. The molecule has 2 amide bonds. The topological polar surface area (TPSA) is 171 Å². The Hall–Kier alpha value is -3.88. The van der Waals surface area contributed by atoms with Crippen molar-refractivity contribution in [1.29, 1.82) is 0 Å². The van der Waals surface area contributed by atoms with Crippen LogP contribution in [0.15, 0.2) is 59.2 Å². The van der Waals surface area contributed by atoms with E-state index in [2.05, 4.69) is 15.6 Å². The molecule has 3 aromatic rings. The van der Waals surface area contributed by atoms with Crippen LogP contribution >= 0.6 is 0 Å². The van der Waals surface area contributed by atoms with Crippen molar-refractivity contribution in [3.8, 4) is 0 Å². The van der Waals surface area contributed by atoms with Gasteiger partial charge >= 0.3 is 6.01 Å². The van der Waals surface area contributed by atoms with Crippen molar-refractivity contribution >= 4 is 27.9 Å². The second-order valence-corrected chi connectivity index (χ2v) is 10.3. The molecule has 0 aliphatic heterocycles. The fourth-order valence-corrected chi connectivity index (χ4v) is 3.98. The Morgan fingerprint density at radius 2 is 1.63 bits per heavy atom. The highest BCUT2D eigenvalue weighted by atomic mass is 32.2. The summed E-state index contributed by atoms with van der Waals surface area (Å²) in [6, 6.07) is 7.92. The summed E-state index contributed by atoms with van der Waals surface area (Å²) in [6.07, 6.45) is -2.00. The number of benzene rings is 2. The third-order valence-electron chi connectivity index (χ3n) is 5.37. The first-order chi connectivity index (χ1) is 17.8. The van der Waals surface area contributed by atoms with Crippen LogP contribution in [0, 0.1) is 11.6 Å². The lowest BCUT2D eigenvalue weighted by molar-refractivity contribution is -0.0188. The average Bonchev–Trinajstić information content (AvgIpc) is 3.29. The number of amides is 2. The van der Waals surface area contributed by atoms with Gasteiger partial charge in [0.2, 0.25) is 10.0 Å². The molecule has 0 radical (unpaired) electrons. The van der Waals surface area contributed by atoms with Gasteiger partial charge in [-0.25, -0.2) is 21.9 Å². The van der Waals surface area contributed by atoms with E-state index >= 15 is 0 Å². The molecule has 38 heavy (non-hydrogen) atoms. The van der Waals surface area contributed by atoms with E-state index in [9.17, 15) is 37.0 Å². The molecular weight excluding hydrogens is 526 g/mol. The molecule has 0 spiro atoms. The number of aliphatic hydroxyl groups excluding tert-OH is 2. The lowest BCUT2D eigenvalue weighted by Crippen LogP contribution is -2.55. The van der Waals surface area contributed by atoms with Gasteiger partial charge in [-0.05, 0) is 43.2 Å². The summed E-state index contributed by atoms with van der Waals surface area (Å²) in [4.78, 5) is 29.0. The van der Waals surface area contributed by atoms with E-state index in [4.69, 9.17) is 4.42 Å². The van der Waals surface area contributed by atoms with E-state index in [1.807, 2.05) is 4.72 Å². The Morgan fingerprint density at radius 1 is 1.00 bits per heavy atom. The number of carbonyl (C=O) groups excluding carboxylic acids is 2. The largest absolute Gasteiger partial charge is 0.431 e. The Bertz CT molecular complexity index is 1370. The van der Waals surface area contributed by atoms with Crippen molar-refractivity contribution in [3.63, 3.8) is 0 Å². The number of aliphatic hydroxyl groups is 2. The van der Waals surface area contributed by atoms with E-state index < -0.39 is 63.8 Å². The van der Waals surface area contributed by atoms with Gasteiger partial charge in [0.25, 0.3) is 11.8 Å². The highest BCUT2D eigenvalue weighted by molar-refractivity contribution is 7.91. The number of nitrogens with one attached hydrogen (secondary N) is 3. The maximum atomic E-state index is 13.8. The number of anilines is 1. The van der Waals surface area contributed by atoms with Crippen LogP contribution in [0.1, 0.15) is 33.3 Å². The zero-order chi connectivity index (χ0) is 28.0. The van der Waals surface area contributed by atoms with Gasteiger partial charge in [-0.3, -0.25) is 9.59 Å². The minimum atomic E-state index is -3.74. The highest BCUT2D eigenvalue weighted by Crippen LogP contribution is 2.16. The minimum absolute atomic E-state index is 0.0552. The van der Waals surface area contributed by atoms with E-state index in [-0.39, 0.29) is 17.7 Å². The zero-order valence-electron chi connectivity index (χ0n) is 20.3. The molecule has 2 aromatic carbocycles. The number of rotatable bonds is 11. The van der Waals surface area contributed by atoms with Crippen molar-refractivity contribution in [2.24, 2.45) is 0 Å². The maximum absolute atomic E-state index is 13.8. The molecule has 0 aliphatic carbocycles. The minimum Gasteiger partial charge on any atom is -0.431 e. The maximum Gasteiger partial charge on any atom is 0.309 e. The lowest BCUT2D eigenvalue weighted by atomic mass is 9.94. The number of carbonyl (C=O) groups is 2. The van der Waals surface area contributed by atoms with Crippen molar-refractivity contribution < 1.29 is 41.4 Å². The predicted octanol–water partition coefficient (Wildman–Crippen LogP) is 1.21. The Kier molecular flexibility index (Phi) is 9.14. The first-order valence-electron chi connectivity index (χ1n) is 11.2. The van der Waals surface area contributed by atoms with E-state index in [1.54, 1.807) is 30.3 Å². The average molecular weight is 553 g/mol. The summed E-state index contributed by atoms with van der Waals surface area (Å²) < 4.78 is 57.1. The number of hydrogen-bond donors (Lipinski definition) is 5. The van der Waals surface area contributed by atoms with Gasteiger partial charge in [-0.15, -0.1) is 0 Å². The molecule has 0 saturated carbocycles. The molecule has 0 aliphatic rings. The van der Waals surface area contributed by atoms with Crippen LogP contribution in [-0.2, 0) is 16.4 Å². The molecular formula is C24H26F2N4O7S. The van der Waals surface area contributed by atoms with Crippen molar-refractivity contribution in [3.05, 3.63) is 83.2 Å². The normalized spacial score (nSPS) is 14.7. The molecule has 1 aromatic heterocycles. The lowest BCUT2D eigenvalue weighted by Gasteiger charge is -2.31. The van der Waals surface area contributed by atoms with Crippen LogP contribution in [0.3, 0.4) is 0 Å². The van der Waals surface area contributed by atoms with Crippen molar-refractivity contribution in [2.75, 3.05) is 11.0 Å². The van der Waals surface area contributed by atoms with E-state index in [1.165, 1.54) is 6.92 Å². The first kappa shape index (κ1) is 28.7. The Labute approximate surface area is 216 Å². The molecule has 4 unspecified atom stereocenters. The van der Waals surface area contributed by atoms with Crippen LogP contribution in [0.5, 0.6) is 0 Å². The van der Waals surface area contributed by atoms with Crippen molar-refractivity contribution in [2.45, 2.75) is 37.6 Å². The molecule has 204 valence electrons. The molecule has 3 rings (SSSR count). The molecule has 0 saturated heterocycles. The predicted molar refractivity (Wildman–Crippen MR) is 132 cm³/mol. The van der Waals surface area contributed by atoms with Gasteiger partial charge in [0.05, 0.1) is 18.3 Å². The second kappa shape index (κ2) is 12.1. The molecule has 4 atom stereocenters. The SMILES string of the molecule is CC(NC(=O)c1ccccc1)C(O)C(O)C(Cc1cc(F)cc(F)c1)NC(=O)c1coc(NS(C)(=O)=O)n1. The Balaban J connectivity index is 1.80. The van der Waals surface area contributed by atoms with Crippen LogP contribution in [0.4, 0.5) is 14.8 Å². The third-order valence-corrected chi connectivity index (χ3v) is 5.92. The number of aromatic nitrogens is 1. The van der Waals surface area contributed by atoms with Gasteiger partial charge < -0.3 is 25.3 Å².